The SMILES string of the molecule is CNC(c1ccncc1Cl)c1ccccc1C1CCC1. The maximum atomic E-state index is 6.32. The molecule has 104 valence electrons. The first kappa shape index (κ1) is 13.6. The molecule has 20 heavy (non-hydrogen) atoms. The summed E-state index contributed by atoms with van der Waals surface area (Å²) in [5.74, 6) is 0.711. The lowest BCUT2D eigenvalue weighted by Crippen LogP contribution is -2.22. The average Bonchev–Trinajstić information content (AvgIpc) is 2.41. The minimum Gasteiger partial charge on any atom is -0.309 e. The van der Waals surface area contributed by atoms with Crippen LogP contribution in [0.3, 0.4) is 0 Å². The van der Waals surface area contributed by atoms with Crippen molar-refractivity contribution < 1.29 is 0 Å². The summed E-state index contributed by atoms with van der Waals surface area (Å²) in [6, 6.07) is 10.8. The van der Waals surface area contributed by atoms with E-state index in [0.717, 1.165) is 10.6 Å². The van der Waals surface area contributed by atoms with Crippen LogP contribution in [0.4, 0.5) is 0 Å². The smallest absolute Gasteiger partial charge is 0.0640 e. The summed E-state index contributed by atoms with van der Waals surface area (Å²) in [4.78, 5) is 4.08. The van der Waals surface area contributed by atoms with Crippen LogP contribution in [-0.2, 0) is 0 Å². The van der Waals surface area contributed by atoms with Gasteiger partial charge < -0.3 is 5.32 Å². The van der Waals surface area contributed by atoms with Crippen molar-refractivity contribution in [2.24, 2.45) is 0 Å². The van der Waals surface area contributed by atoms with Gasteiger partial charge in [-0.25, -0.2) is 0 Å². The third-order valence-electron chi connectivity index (χ3n) is 4.26. The Kier molecular flexibility index (Phi) is 4.04. The fraction of sp³-hybridized carbons (Fsp3) is 0.353. The number of hydrogen-bond donors (Lipinski definition) is 1. The molecular formula is C17H19ClN2. The Morgan fingerprint density at radius 2 is 2.00 bits per heavy atom. The van der Waals surface area contributed by atoms with Crippen molar-refractivity contribution in [1.29, 1.82) is 0 Å². The largest absolute Gasteiger partial charge is 0.309 e. The lowest BCUT2D eigenvalue weighted by molar-refractivity contribution is 0.415. The molecule has 0 aliphatic heterocycles. The van der Waals surface area contributed by atoms with Gasteiger partial charge in [0.1, 0.15) is 0 Å². The number of nitrogens with zero attached hydrogens (tertiary/aromatic N) is 1. The zero-order valence-corrected chi connectivity index (χ0v) is 12.4. The van der Waals surface area contributed by atoms with Crippen LogP contribution in [0.1, 0.15) is 47.9 Å². The minimum atomic E-state index is 0.127. The molecule has 0 radical (unpaired) electrons. The van der Waals surface area contributed by atoms with Crippen LogP contribution in [-0.4, -0.2) is 12.0 Å². The van der Waals surface area contributed by atoms with E-state index in [-0.39, 0.29) is 6.04 Å². The molecule has 3 heteroatoms. The van der Waals surface area contributed by atoms with Crippen LogP contribution < -0.4 is 5.32 Å². The molecule has 1 heterocycles. The zero-order chi connectivity index (χ0) is 13.9. The molecule has 0 bridgehead atoms. The zero-order valence-electron chi connectivity index (χ0n) is 11.6. The highest BCUT2D eigenvalue weighted by molar-refractivity contribution is 6.31. The molecular weight excluding hydrogens is 268 g/mol. The van der Waals surface area contributed by atoms with Crippen LogP contribution in [0, 0.1) is 0 Å². The lowest BCUT2D eigenvalue weighted by Gasteiger charge is -2.30. The number of pyridine rings is 1. The molecule has 1 aromatic carbocycles. The first-order valence-corrected chi connectivity index (χ1v) is 7.54. The normalized spacial score (nSPS) is 16.7. The second-order valence-electron chi connectivity index (χ2n) is 5.38. The minimum absolute atomic E-state index is 0.127. The average molecular weight is 287 g/mol. The van der Waals surface area contributed by atoms with Crippen LogP contribution in [0.5, 0.6) is 0 Å². The van der Waals surface area contributed by atoms with Crippen molar-refractivity contribution in [2.75, 3.05) is 7.05 Å². The molecule has 1 unspecified atom stereocenters. The topological polar surface area (TPSA) is 24.9 Å². The summed E-state index contributed by atoms with van der Waals surface area (Å²) in [6.45, 7) is 0. The van der Waals surface area contributed by atoms with Gasteiger partial charge in [-0.2, -0.15) is 0 Å². The van der Waals surface area contributed by atoms with Gasteiger partial charge in [-0.1, -0.05) is 42.3 Å². The number of rotatable bonds is 4. The van der Waals surface area contributed by atoms with E-state index >= 15 is 0 Å². The van der Waals surface area contributed by atoms with Gasteiger partial charge in [-0.05, 0) is 48.6 Å². The Bertz CT molecular complexity index is 593. The van der Waals surface area contributed by atoms with Crippen molar-refractivity contribution in [3.8, 4) is 0 Å². The number of hydrogen-bond acceptors (Lipinski definition) is 2. The summed E-state index contributed by atoms with van der Waals surface area (Å²) >= 11 is 6.32. The van der Waals surface area contributed by atoms with Crippen LogP contribution in [0.15, 0.2) is 42.7 Å². The second-order valence-corrected chi connectivity index (χ2v) is 5.78. The van der Waals surface area contributed by atoms with Gasteiger partial charge in [0, 0.05) is 12.4 Å². The quantitative estimate of drug-likeness (QED) is 0.906. The molecule has 1 aliphatic rings. The third kappa shape index (κ3) is 2.46. The van der Waals surface area contributed by atoms with E-state index < -0.39 is 0 Å². The van der Waals surface area contributed by atoms with E-state index in [4.69, 9.17) is 11.6 Å². The molecule has 1 saturated carbocycles. The van der Waals surface area contributed by atoms with Gasteiger partial charge in [0.2, 0.25) is 0 Å². The molecule has 2 nitrogen and oxygen atoms in total. The van der Waals surface area contributed by atoms with Gasteiger partial charge in [-0.3, -0.25) is 4.98 Å². The lowest BCUT2D eigenvalue weighted by atomic mass is 9.76. The van der Waals surface area contributed by atoms with Gasteiger partial charge >= 0.3 is 0 Å². The highest BCUT2D eigenvalue weighted by Gasteiger charge is 2.25. The van der Waals surface area contributed by atoms with E-state index in [0.29, 0.717) is 5.92 Å². The molecule has 1 fully saturated rings. The van der Waals surface area contributed by atoms with Crippen LogP contribution in [0.25, 0.3) is 0 Å². The standard InChI is InChI=1S/C17H19ClN2/c1-19-17(15-9-10-20-11-16(15)18)14-8-3-2-7-13(14)12-5-4-6-12/h2-3,7-12,17,19H,4-6H2,1H3. The molecule has 1 atom stereocenters. The Morgan fingerprint density at radius 1 is 1.20 bits per heavy atom. The monoisotopic (exact) mass is 286 g/mol. The molecule has 0 amide bonds. The third-order valence-corrected chi connectivity index (χ3v) is 4.57. The van der Waals surface area contributed by atoms with E-state index in [1.165, 1.54) is 30.4 Å². The van der Waals surface area contributed by atoms with Crippen LogP contribution >= 0.6 is 11.6 Å². The molecule has 0 spiro atoms. The second kappa shape index (κ2) is 5.94. The Morgan fingerprint density at radius 3 is 2.65 bits per heavy atom. The van der Waals surface area contributed by atoms with Gasteiger partial charge in [0.15, 0.2) is 0 Å². The van der Waals surface area contributed by atoms with Crippen molar-refractivity contribution in [2.45, 2.75) is 31.2 Å². The van der Waals surface area contributed by atoms with Crippen molar-refractivity contribution >= 4 is 11.6 Å². The maximum absolute atomic E-state index is 6.32. The number of nitrogens with one attached hydrogen (secondary N) is 1. The van der Waals surface area contributed by atoms with Gasteiger partial charge in [0.05, 0.1) is 11.1 Å². The van der Waals surface area contributed by atoms with E-state index in [1.807, 2.05) is 13.1 Å². The molecule has 1 aliphatic carbocycles. The maximum Gasteiger partial charge on any atom is 0.0640 e. The van der Waals surface area contributed by atoms with Gasteiger partial charge in [0.25, 0.3) is 0 Å². The van der Waals surface area contributed by atoms with E-state index in [1.54, 1.807) is 12.4 Å². The molecule has 1 N–H and O–H groups in total. The number of halogens is 1. The fourth-order valence-electron chi connectivity index (χ4n) is 2.96. The summed E-state index contributed by atoms with van der Waals surface area (Å²) in [5, 5.41) is 4.12. The summed E-state index contributed by atoms with van der Waals surface area (Å²) < 4.78 is 0. The fourth-order valence-corrected chi connectivity index (χ4v) is 3.19. The van der Waals surface area contributed by atoms with Crippen LogP contribution in [0.2, 0.25) is 5.02 Å². The Labute approximate surface area is 125 Å². The summed E-state index contributed by atoms with van der Waals surface area (Å²) in [6.07, 6.45) is 7.47. The highest BCUT2D eigenvalue weighted by Crippen LogP contribution is 2.41. The molecule has 3 rings (SSSR count). The van der Waals surface area contributed by atoms with Crippen molar-refractivity contribution in [3.05, 3.63) is 64.4 Å². The summed E-state index contributed by atoms with van der Waals surface area (Å²) in [7, 11) is 1.99. The molecule has 0 saturated heterocycles. The predicted molar refractivity (Wildman–Crippen MR) is 83.2 cm³/mol. The Balaban J connectivity index is 2.03. The molecule has 2 aromatic rings. The van der Waals surface area contributed by atoms with E-state index in [2.05, 4.69) is 34.6 Å². The number of aromatic nitrogens is 1. The number of benzene rings is 1. The first-order chi connectivity index (χ1) is 9.81. The first-order valence-electron chi connectivity index (χ1n) is 7.16. The molecule has 1 aromatic heterocycles. The Hall–Kier alpha value is -1.38. The van der Waals surface area contributed by atoms with Gasteiger partial charge in [-0.15, -0.1) is 0 Å². The van der Waals surface area contributed by atoms with Crippen molar-refractivity contribution in [1.82, 2.24) is 10.3 Å². The van der Waals surface area contributed by atoms with E-state index in [9.17, 15) is 0 Å². The summed E-state index contributed by atoms with van der Waals surface area (Å²) in [5.41, 5.74) is 3.90. The predicted octanol–water partition coefficient (Wildman–Crippen LogP) is 4.31. The highest BCUT2D eigenvalue weighted by atomic mass is 35.5. The van der Waals surface area contributed by atoms with Crippen molar-refractivity contribution in [3.63, 3.8) is 0 Å².